The minimum Gasteiger partial charge on any atom is -0.487 e. The van der Waals surface area contributed by atoms with Gasteiger partial charge in [0, 0.05) is 15.5 Å². The summed E-state index contributed by atoms with van der Waals surface area (Å²) in [5.41, 5.74) is 0.992. The maximum Gasteiger partial charge on any atom is 0.131 e. The molecule has 96 valence electrons. The molecular weight excluding hydrogens is 359 g/mol. The summed E-state index contributed by atoms with van der Waals surface area (Å²) < 4.78 is 6.89. The maximum atomic E-state index is 5.71. The molecule has 1 heterocycles. The number of nitrogens with zero attached hydrogens (tertiary/aromatic N) is 1. The van der Waals surface area contributed by atoms with E-state index in [1.54, 1.807) is 11.3 Å². The summed E-state index contributed by atoms with van der Waals surface area (Å²) >= 11 is 3.95. The number of rotatable bonds is 6. The lowest BCUT2D eigenvalue weighted by Crippen LogP contribution is -2.11. The normalized spacial score (nSPS) is 10.6. The molecule has 2 rings (SSSR count). The smallest absolute Gasteiger partial charge is 0.131 e. The highest BCUT2D eigenvalue weighted by atomic mass is 127. The number of nitrogens with one attached hydrogen (secondary N) is 1. The average molecular weight is 374 g/mol. The summed E-state index contributed by atoms with van der Waals surface area (Å²) in [6, 6.07) is 8.03. The van der Waals surface area contributed by atoms with Gasteiger partial charge in [0.05, 0.1) is 5.69 Å². The molecule has 0 radical (unpaired) electrons. The van der Waals surface area contributed by atoms with E-state index in [1.165, 1.54) is 3.57 Å². The van der Waals surface area contributed by atoms with E-state index >= 15 is 0 Å². The van der Waals surface area contributed by atoms with Crippen molar-refractivity contribution in [1.29, 1.82) is 0 Å². The van der Waals surface area contributed by atoms with Crippen LogP contribution < -0.4 is 10.1 Å². The van der Waals surface area contributed by atoms with Crippen molar-refractivity contribution >= 4 is 33.9 Å². The molecule has 1 aromatic carbocycles. The third kappa shape index (κ3) is 4.22. The van der Waals surface area contributed by atoms with Crippen LogP contribution in [0.25, 0.3) is 0 Å². The minimum absolute atomic E-state index is 0.530. The van der Waals surface area contributed by atoms with Crippen molar-refractivity contribution in [2.45, 2.75) is 20.1 Å². The molecule has 0 fully saturated rings. The van der Waals surface area contributed by atoms with Crippen LogP contribution in [0.15, 0.2) is 29.6 Å². The highest BCUT2D eigenvalue weighted by molar-refractivity contribution is 14.1. The second kappa shape index (κ2) is 7.06. The van der Waals surface area contributed by atoms with E-state index in [0.29, 0.717) is 6.61 Å². The Balaban J connectivity index is 1.88. The first-order valence-corrected chi connectivity index (χ1v) is 7.76. The summed E-state index contributed by atoms with van der Waals surface area (Å²) in [6.45, 7) is 4.43. The molecule has 1 N–H and O–H groups in total. The molecule has 18 heavy (non-hydrogen) atoms. The number of hydrogen-bond donors (Lipinski definition) is 1. The number of thiazole rings is 1. The maximum absolute atomic E-state index is 5.71. The van der Waals surface area contributed by atoms with Gasteiger partial charge in [-0.2, -0.15) is 0 Å². The Labute approximate surface area is 125 Å². The van der Waals surface area contributed by atoms with E-state index in [0.717, 1.165) is 29.5 Å². The van der Waals surface area contributed by atoms with Crippen LogP contribution >= 0.6 is 33.9 Å². The van der Waals surface area contributed by atoms with E-state index in [2.05, 4.69) is 45.2 Å². The molecule has 3 nitrogen and oxygen atoms in total. The Morgan fingerprint density at radius 3 is 3.11 bits per heavy atom. The van der Waals surface area contributed by atoms with E-state index in [-0.39, 0.29) is 0 Å². The Kier molecular flexibility index (Phi) is 5.40. The van der Waals surface area contributed by atoms with Gasteiger partial charge in [-0.05, 0) is 47.3 Å². The van der Waals surface area contributed by atoms with Gasteiger partial charge in [0.25, 0.3) is 0 Å². The van der Waals surface area contributed by atoms with Crippen LogP contribution in [0.3, 0.4) is 0 Å². The van der Waals surface area contributed by atoms with Crippen LogP contribution in [0.2, 0.25) is 0 Å². The highest BCUT2D eigenvalue weighted by Crippen LogP contribution is 2.17. The number of benzene rings is 1. The summed E-state index contributed by atoms with van der Waals surface area (Å²) in [6.07, 6.45) is 0. The number of hydrogen-bond acceptors (Lipinski definition) is 4. The molecule has 0 aliphatic rings. The highest BCUT2D eigenvalue weighted by Gasteiger charge is 2.02. The predicted molar refractivity (Wildman–Crippen MR) is 83.0 cm³/mol. The molecule has 0 bridgehead atoms. The second-order valence-corrected chi connectivity index (χ2v) is 5.95. The lowest BCUT2D eigenvalue weighted by molar-refractivity contribution is 0.301. The van der Waals surface area contributed by atoms with Gasteiger partial charge in [-0.1, -0.05) is 13.0 Å². The zero-order valence-electron chi connectivity index (χ0n) is 10.1. The Hall–Kier alpha value is -0.660. The Morgan fingerprint density at radius 2 is 2.33 bits per heavy atom. The summed E-state index contributed by atoms with van der Waals surface area (Å²) in [5, 5.41) is 6.43. The third-order valence-electron chi connectivity index (χ3n) is 2.31. The van der Waals surface area contributed by atoms with Gasteiger partial charge in [-0.25, -0.2) is 4.98 Å². The van der Waals surface area contributed by atoms with Crippen molar-refractivity contribution in [3.8, 4) is 5.75 Å². The first kappa shape index (κ1) is 13.8. The Morgan fingerprint density at radius 1 is 1.44 bits per heavy atom. The predicted octanol–water partition coefficient (Wildman–Crippen LogP) is 3.44. The van der Waals surface area contributed by atoms with E-state index in [4.69, 9.17) is 4.74 Å². The quantitative estimate of drug-likeness (QED) is 0.787. The van der Waals surface area contributed by atoms with Crippen molar-refractivity contribution in [2.75, 3.05) is 6.54 Å². The fourth-order valence-electron chi connectivity index (χ4n) is 1.44. The lowest BCUT2D eigenvalue weighted by atomic mass is 10.3. The molecule has 0 saturated heterocycles. The fourth-order valence-corrected chi connectivity index (χ4v) is 2.71. The third-order valence-corrected chi connectivity index (χ3v) is 3.88. The average Bonchev–Trinajstić information content (AvgIpc) is 2.82. The molecule has 1 aromatic heterocycles. The van der Waals surface area contributed by atoms with Crippen molar-refractivity contribution < 1.29 is 4.74 Å². The Bertz CT molecular complexity index is 501. The molecule has 0 amide bonds. The summed E-state index contributed by atoms with van der Waals surface area (Å²) in [4.78, 5) is 4.51. The van der Waals surface area contributed by atoms with Gasteiger partial charge < -0.3 is 10.1 Å². The van der Waals surface area contributed by atoms with E-state index < -0.39 is 0 Å². The first-order chi connectivity index (χ1) is 8.78. The van der Waals surface area contributed by atoms with Gasteiger partial charge in [0.15, 0.2) is 0 Å². The van der Waals surface area contributed by atoms with Gasteiger partial charge >= 0.3 is 0 Å². The minimum atomic E-state index is 0.530. The standard InChI is InChI=1S/C13H15IN2OS/c1-2-15-7-13-16-11(9-18-13)8-17-12-5-3-4-10(14)6-12/h3-6,9,15H,2,7-8H2,1H3. The SMILES string of the molecule is CCNCc1nc(COc2cccc(I)c2)cs1. The molecule has 0 aliphatic heterocycles. The van der Waals surface area contributed by atoms with Crippen LogP contribution in [0.1, 0.15) is 17.6 Å². The van der Waals surface area contributed by atoms with E-state index in [1.807, 2.05) is 24.3 Å². The van der Waals surface area contributed by atoms with Gasteiger partial charge in [-0.3, -0.25) is 0 Å². The molecule has 0 aliphatic carbocycles. The van der Waals surface area contributed by atoms with Crippen LogP contribution in [0.4, 0.5) is 0 Å². The van der Waals surface area contributed by atoms with Crippen molar-refractivity contribution in [3.05, 3.63) is 43.9 Å². The lowest BCUT2D eigenvalue weighted by Gasteiger charge is -2.04. The molecule has 0 spiro atoms. The monoisotopic (exact) mass is 374 g/mol. The number of ether oxygens (including phenoxy) is 1. The topological polar surface area (TPSA) is 34.2 Å². The molecule has 0 unspecified atom stereocenters. The zero-order chi connectivity index (χ0) is 12.8. The fraction of sp³-hybridized carbons (Fsp3) is 0.308. The van der Waals surface area contributed by atoms with Gasteiger partial charge in [0.1, 0.15) is 17.4 Å². The molecular formula is C13H15IN2OS. The van der Waals surface area contributed by atoms with Crippen molar-refractivity contribution in [1.82, 2.24) is 10.3 Å². The largest absolute Gasteiger partial charge is 0.487 e. The zero-order valence-corrected chi connectivity index (χ0v) is 13.1. The van der Waals surface area contributed by atoms with Crippen LogP contribution in [-0.2, 0) is 13.2 Å². The molecule has 0 saturated carbocycles. The van der Waals surface area contributed by atoms with Gasteiger partial charge in [0.2, 0.25) is 0 Å². The number of aromatic nitrogens is 1. The summed E-state index contributed by atoms with van der Waals surface area (Å²) in [5.74, 6) is 0.892. The van der Waals surface area contributed by atoms with Crippen LogP contribution in [0, 0.1) is 3.57 Å². The second-order valence-electron chi connectivity index (χ2n) is 3.76. The first-order valence-electron chi connectivity index (χ1n) is 5.80. The van der Waals surface area contributed by atoms with Crippen molar-refractivity contribution in [3.63, 3.8) is 0 Å². The van der Waals surface area contributed by atoms with Crippen molar-refractivity contribution in [2.24, 2.45) is 0 Å². The van der Waals surface area contributed by atoms with Crippen LogP contribution in [0.5, 0.6) is 5.75 Å². The van der Waals surface area contributed by atoms with Crippen LogP contribution in [-0.4, -0.2) is 11.5 Å². The summed E-state index contributed by atoms with van der Waals surface area (Å²) in [7, 11) is 0. The molecule has 0 atom stereocenters. The molecule has 5 heteroatoms. The molecule has 2 aromatic rings. The van der Waals surface area contributed by atoms with E-state index in [9.17, 15) is 0 Å². The number of halogens is 1. The van der Waals surface area contributed by atoms with Gasteiger partial charge in [-0.15, -0.1) is 11.3 Å².